The average molecular weight is 1620 g/mol. The van der Waals surface area contributed by atoms with E-state index in [9.17, 15) is 36.0 Å². The summed E-state index contributed by atoms with van der Waals surface area (Å²) in [5.74, 6) is 0.904. The van der Waals surface area contributed by atoms with Crippen LogP contribution in [0.25, 0.3) is 0 Å². The fourth-order valence-corrected chi connectivity index (χ4v) is 24.2. The Morgan fingerprint density at radius 3 is 1.32 bits per heavy atom. The van der Waals surface area contributed by atoms with Crippen molar-refractivity contribution in [1.82, 2.24) is 38.8 Å². The number of sulfonamides is 2. The number of carbonyl (C=O) groups excluding carboxylic acids is 4. The summed E-state index contributed by atoms with van der Waals surface area (Å²) in [5.41, 5.74) is 5.48. The van der Waals surface area contributed by atoms with Gasteiger partial charge in [0.15, 0.2) is 0 Å². The van der Waals surface area contributed by atoms with Gasteiger partial charge in [0, 0.05) is 190 Å². The first-order chi connectivity index (χ1) is 53.6. The molecular weight excluding hydrogens is 1500 g/mol. The van der Waals surface area contributed by atoms with Crippen LogP contribution in [0.2, 0.25) is 10.0 Å². The Morgan fingerprint density at radius 1 is 0.527 bits per heavy atom. The van der Waals surface area contributed by atoms with Crippen molar-refractivity contribution in [2.45, 2.75) is 163 Å². The molecule has 0 aromatic heterocycles. The largest absolute Gasteiger partial charge is 0.490 e. The summed E-state index contributed by atoms with van der Waals surface area (Å²) in [6.07, 6.45) is 19.8. The molecule has 2 spiro atoms. The van der Waals surface area contributed by atoms with E-state index in [4.69, 9.17) is 42.1 Å². The molecule has 22 nitrogen and oxygen atoms in total. The molecule has 2 N–H and O–H groups in total. The van der Waals surface area contributed by atoms with Crippen molar-refractivity contribution in [2.75, 3.05) is 155 Å². The number of piperazine rings is 4. The van der Waals surface area contributed by atoms with Gasteiger partial charge in [-0.05, 0) is 209 Å². The van der Waals surface area contributed by atoms with Crippen LogP contribution < -0.4 is 28.7 Å². The first kappa shape index (κ1) is 80.8. The minimum Gasteiger partial charge on any atom is -0.490 e. The third-order valence-corrected chi connectivity index (χ3v) is 32.9. The lowest BCUT2D eigenvalue weighted by Crippen LogP contribution is -2.65. The molecule has 4 saturated heterocycles. The van der Waals surface area contributed by atoms with E-state index in [-0.39, 0.29) is 58.4 Å². The number of ether oxygens (including phenoxy) is 4. The number of halogens is 2. The molecule has 2 saturated carbocycles. The first-order valence-corrected chi connectivity index (χ1v) is 45.1. The molecule has 14 atom stereocenters. The molecule has 112 heavy (non-hydrogen) atoms. The van der Waals surface area contributed by atoms with Gasteiger partial charge in [-0.25, -0.2) is 26.3 Å². The Balaban J connectivity index is 0.000000177. The van der Waals surface area contributed by atoms with Gasteiger partial charge >= 0.3 is 0 Å². The molecule has 8 heterocycles. The zero-order chi connectivity index (χ0) is 78.8. The SMILES string of the molecule is CO[C@]1(CN2CCN3CCN(C(C)=O)CC3C2)/C=C/C[C@H](C)[C@@H](C)S(=O)(=O)NC(=O)c2ccc3c(c2)N(C[C@@H]2CC[C@H]21)C[C@@]1(CCCc2cc(Cl)ccc21)CO3.CO[C@]1(CN2CCN3CCN(C(C)=O)C[C@@H]3C2)/C=C/C[C@H](C)[C@@H](C)S(=O)(=O)NC(=O)c2ccc3c(c2)N(C[C@@H]2CC[C@H]21)C[C@@]1(CCCc2cc(Cl)ccc21)CO3. The predicted molar refractivity (Wildman–Crippen MR) is 438 cm³/mol. The molecule has 4 amide bonds. The summed E-state index contributed by atoms with van der Waals surface area (Å²) in [5, 5.41) is -0.136. The molecule has 6 fully saturated rings. The maximum absolute atomic E-state index is 13.7. The summed E-state index contributed by atoms with van der Waals surface area (Å²) in [6.45, 7) is 26.1. The minimum absolute atomic E-state index is 0.132. The van der Waals surface area contributed by atoms with E-state index in [1.54, 1.807) is 39.8 Å². The number of nitrogens with zero attached hydrogens (tertiary/aromatic N) is 8. The number of carbonyl (C=O) groups is 4. The number of amides is 4. The third kappa shape index (κ3) is 16.2. The van der Waals surface area contributed by atoms with Gasteiger partial charge in [-0.1, -0.05) is 73.5 Å². The van der Waals surface area contributed by atoms with E-state index >= 15 is 0 Å². The van der Waals surface area contributed by atoms with Crippen LogP contribution in [0.4, 0.5) is 11.4 Å². The second kappa shape index (κ2) is 32.6. The molecule has 1 unspecified atom stereocenters. The van der Waals surface area contributed by atoms with Crippen LogP contribution >= 0.6 is 23.2 Å². The van der Waals surface area contributed by atoms with Crippen LogP contribution in [0.1, 0.15) is 149 Å². The van der Waals surface area contributed by atoms with Gasteiger partial charge in [0.2, 0.25) is 31.9 Å². The third-order valence-electron chi connectivity index (χ3n) is 28.6. The number of nitrogens with one attached hydrogen (secondary N) is 2. The number of fused-ring (bicyclic) bond motifs is 10. The van der Waals surface area contributed by atoms with Crippen LogP contribution in [-0.4, -0.2) is 249 Å². The first-order valence-electron chi connectivity index (χ1n) is 41.2. The van der Waals surface area contributed by atoms with Crippen LogP contribution in [0.3, 0.4) is 0 Å². The highest BCUT2D eigenvalue weighted by Crippen LogP contribution is 2.53. The van der Waals surface area contributed by atoms with Crippen molar-refractivity contribution in [3.8, 4) is 11.5 Å². The number of hydrogen-bond donors (Lipinski definition) is 2. The van der Waals surface area contributed by atoms with Gasteiger partial charge in [-0.3, -0.25) is 38.8 Å². The Kier molecular flexibility index (Phi) is 23.6. The maximum atomic E-state index is 13.7. The Labute approximate surface area is 673 Å². The van der Waals surface area contributed by atoms with E-state index in [2.05, 4.69) is 87.4 Å². The van der Waals surface area contributed by atoms with Gasteiger partial charge in [0.05, 0.1) is 35.1 Å². The van der Waals surface area contributed by atoms with Gasteiger partial charge in [-0.2, -0.15) is 0 Å². The minimum atomic E-state index is -3.99. The van der Waals surface area contributed by atoms with E-state index in [1.165, 1.54) is 22.3 Å². The van der Waals surface area contributed by atoms with E-state index in [0.29, 0.717) is 86.7 Å². The van der Waals surface area contributed by atoms with Gasteiger partial charge in [0.25, 0.3) is 11.8 Å². The molecule has 4 aliphatic carbocycles. The van der Waals surface area contributed by atoms with Gasteiger partial charge in [0.1, 0.15) is 22.7 Å². The lowest BCUT2D eigenvalue weighted by molar-refractivity contribution is -0.134. The number of benzene rings is 4. The highest BCUT2D eigenvalue weighted by molar-refractivity contribution is 7.91. The molecule has 12 aliphatic rings. The maximum Gasteiger partial charge on any atom is 0.264 e. The highest BCUT2D eigenvalue weighted by atomic mass is 35.5. The number of anilines is 2. The number of aryl methyl sites for hydroxylation is 2. The van der Waals surface area contributed by atoms with E-state index in [1.807, 2.05) is 74.3 Å². The second-order valence-corrected chi connectivity index (χ2v) is 40.1. The van der Waals surface area contributed by atoms with Crippen molar-refractivity contribution in [3.05, 3.63) is 141 Å². The highest BCUT2D eigenvalue weighted by Gasteiger charge is 2.54. The number of rotatable bonds is 6. The standard InChI is InChI=1S/2C43H58ClN5O6S/c2*1-29-7-5-16-43(54-4,27-46-17-18-47-19-20-48(31(3)50)25-36(47)24-46)38-12-9-34(38)23-49-26-42(15-6-8-32-21-35(44)11-13-37(32)42)28-55-40-14-10-33(22-39(40)49)41(51)45-56(52,53)30(29)2/h2*5,10-11,13-14,16,21-22,29-30,34,36,38H,6-9,12,15,17-20,23-28H2,1-4H3,(H,45,51)/b2*16-5+/t29-,30+,34-,36?,38+,42-,43-;29-,30+,34-,36-,38+,42-,43-/m00/s1. The molecule has 16 rings (SSSR count). The summed E-state index contributed by atoms with van der Waals surface area (Å²) >= 11 is 13.0. The lowest BCUT2D eigenvalue weighted by Gasteiger charge is -2.53. The van der Waals surface area contributed by atoms with Crippen LogP contribution in [0.5, 0.6) is 11.5 Å². The Morgan fingerprint density at radius 2 is 0.938 bits per heavy atom. The van der Waals surface area contributed by atoms with E-state index in [0.717, 1.165) is 177 Å². The summed E-state index contributed by atoms with van der Waals surface area (Å²) in [7, 11) is -4.31. The summed E-state index contributed by atoms with van der Waals surface area (Å²) < 4.78 is 86.4. The smallest absolute Gasteiger partial charge is 0.264 e. The normalized spacial score (nSPS) is 34.2. The van der Waals surface area contributed by atoms with Gasteiger partial charge in [-0.15, -0.1) is 0 Å². The quantitative estimate of drug-likeness (QED) is 0.171. The van der Waals surface area contributed by atoms with Crippen molar-refractivity contribution in [1.29, 1.82) is 0 Å². The fraction of sp³-hybridized carbons (Fsp3) is 0.628. The monoisotopic (exact) mass is 1610 g/mol. The van der Waals surface area contributed by atoms with Crippen LogP contribution in [0, 0.1) is 35.5 Å². The molecule has 4 bridgehead atoms. The van der Waals surface area contributed by atoms with E-state index < -0.39 is 53.6 Å². The molecule has 4 aromatic rings. The molecule has 0 radical (unpaired) electrons. The number of methoxy groups -OCH3 is 2. The van der Waals surface area contributed by atoms with Crippen LogP contribution in [-0.2, 0) is 62.8 Å². The fourth-order valence-electron chi connectivity index (χ4n) is 21.2. The molecule has 608 valence electrons. The second-order valence-electron chi connectivity index (χ2n) is 35.2. The van der Waals surface area contributed by atoms with Crippen molar-refractivity contribution in [2.24, 2.45) is 35.5 Å². The summed E-state index contributed by atoms with van der Waals surface area (Å²) in [6, 6.07) is 23.7. The predicted octanol–water partition coefficient (Wildman–Crippen LogP) is 10.2. The summed E-state index contributed by atoms with van der Waals surface area (Å²) in [4.78, 5) is 71.0. The average Bonchev–Trinajstić information content (AvgIpc) is 1.31. The van der Waals surface area contributed by atoms with Crippen LogP contribution in [0.15, 0.2) is 97.1 Å². The number of hydrogen-bond acceptors (Lipinski definition) is 18. The van der Waals surface area contributed by atoms with Crippen molar-refractivity contribution >= 4 is 78.3 Å². The lowest BCUT2D eigenvalue weighted by atomic mass is 9.63. The Bertz CT molecular complexity index is 4240. The zero-order valence-corrected chi connectivity index (χ0v) is 69.8. The molecule has 8 aliphatic heterocycles. The number of allylic oxidation sites excluding steroid dienone is 2. The molecule has 4 aromatic carbocycles. The van der Waals surface area contributed by atoms with Crippen molar-refractivity contribution in [3.63, 3.8) is 0 Å². The zero-order valence-electron chi connectivity index (χ0n) is 66.7. The topological polar surface area (TPSA) is 223 Å². The molecule has 26 heteroatoms. The Hall–Kier alpha value is -6.32. The van der Waals surface area contributed by atoms with Gasteiger partial charge < -0.3 is 38.5 Å². The molecular formula is C86H116Cl2N10O12S2. The van der Waals surface area contributed by atoms with Crippen molar-refractivity contribution < 1.29 is 55.0 Å².